The van der Waals surface area contributed by atoms with Gasteiger partial charge in [-0.2, -0.15) is 0 Å². The summed E-state index contributed by atoms with van der Waals surface area (Å²) < 4.78 is 0. The first-order valence-electron chi connectivity index (χ1n) is 2.73. The lowest BCUT2D eigenvalue weighted by molar-refractivity contribution is -0.112. The molecule has 0 bridgehead atoms. The van der Waals surface area contributed by atoms with Crippen LogP contribution in [0.4, 0.5) is 0 Å². The topological polar surface area (TPSA) is 43.1 Å². The van der Waals surface area contributed by atoms with E-state index in [2.05, 4.69) is 0 Å². The van der Waals surface area contributed by atoms with E-state index in [1.807, 2.05) is 0 Å². The van der Waals surface area contributed by atoms with Gasteiger partial charge in [0, 0.05) is 5.75 Å². The molecule has 0 aromatic heterocycles. The van der Waals surface area contributed by atoms with Gasteiger partial charge in [0.25, 0.3) is 0 Å². The molecule has 0 spiro atoms. The lowest BCUT2D eigenvalue weighted by Gasteiger charge is -2.13. The van der Waals surface area contributed by atoms with Crippen LogP contribution in [-0.2, 0) is 4.79 Å². The number of hydrogen-bond donors (Lipinski definition) is 1. The molecule has 8 heavy (non-hydrogen) atoms. The molecule has 0 amide bonds. The van der Waals surface area contributed by atoms with Crippen LogP contribution >= 0.6 is 11.8 Å². The summed E-state index contributed by atoms with van der Waals surface area (Å²) in [4.78, 5) is 10.6. The minimum Gasteiger partial charge on any atom is -0.321 e. The average molecular weight is 131 g/mol. The quantitative estimate of drug-likeness (QED) is 0.516. The predicted octanol–water partition coefficient (Wildman–Crippen LogP) is 0.367. The fraction of sp³-hybridized carbons (Fsp3) is 0.800. The highest BCUT2D eigenvalue weighted by molar-refractivity contribution is 8.13. The van der Waals surface area contributed by atoms with Crippen molar-refractivity contribution in [3.8, 4) is 0 Å². The Bertz CT molecular complexity index is 105. The second kappa shape index (κ2) is 2.51. The molecule has 1 unspecified atom stereocenters. The maximum absolute atomic E-state index is 10.6. The fourth-order valence-corrected chi connectivity index (χ4v) is 1.55. The van der Waals surface area contributed by atoms with E-state index in [9.17, 15) is 4.79 Å². The van der Waals surface area contributed by atoms with Crippen molar-refractivity contribution in [2.24, 2.45) is 5.73 Å². The van der Waals surface area contributed by atoms with E-state index in [0.717, 1.165) is 18.6 Å². The lowest BCUT2D eigenvalue weighted by Crippen LogP contribution is -2.31. The number of hydrogen-bond acceptors (Lipinski definition) is 3. The smallest absolute Gasteiger partial charge is 0.205 e. The highest BCUT2D eigenvalue weighted by Gasteiger charge is 2.17. The van der Waals surface area contributed by atoms with Gasteiger partial charge >= 0.3 is 0 Å². The zero-order valence-electron chi connectivity index (χ0n) is 4.59. The van der Waals surface area contributed by atoms with Crippen LogP contribution in [0.1, 0.15) is 12.8 Å². The Morgan fingerprint density at radius 3 is 2.88 bits per heavy atom. The largest absolute Gasteiger partial charge is 0.321 e. The van der Waals surface area contributed by atoms with E-state index in [0.29, 0.717) is 0 Å². The Balaban J connectivity index is 2.39. The van der Waals surface area contributed by atoms with Crippen molar-refractivity contribution in [2.75, 3.05) is 5.75 Å². The molecule has 1 heterocycles. The molecule has 0 aliphatic carbocycles. The van der Waals surface area contributed by atoms with Gasteiger partial charge in [0.15, 0.2) is 0 Å². The van der Waals surface area contributed by atoms with E-state index in [1.165, 1.54) is 11.8 Å². The van der Waals surface area contributed by atoms with Gasteiger partial charge in [-0.1, -0.05) is 11.8 Å². The minimum absolute atomic E-state index is 0.163. The number of carbonyl (C=O) groups is 1. The van der Waals surface area contributed by atoms with Crippen LogP contribution in [0.2, 0.25) is 0 Å². The summed E-state index contributed by atoms with van der Waals surface area (Å²) in [7, 11) is 0. The highest BCUT2D eigenvalue weighted by Crippen LogP contribution is 2.16. The Morgan fingerprint density at radius 2 is 2.50 bits per heavy atom. The van der Waals surface area contributed by atoms with Gasteiger partial charge in [-0.05, 0) is 12.8 Å². The van der Waals surface area contributed by atoms with E-state index >= 15 is 0 Å². The zero-order chi connectivity index (χ0) is 5.98. The summed E-state index contributed by atoms with van der Waals surface area (Å²) in [5.74, 6) is 0.965. The van der Waals surface area contributed by atoms with Gasteiger partial charge in [0.2, 0.25) is 5.12 Å². The monoisotopic (exact) mass is 131 g/mol. The average Bonchev–Trinajstić information content (AvgIpc) is 1.77. The molecule has 3 heteroatoms. The maximum atomic E-state index is 10.6. The molecule has 0 aromatic carbocycles. The first-order valence-corrected chi connectivity index (χ1v) is 3.71. The van der Waals surface area contributed by atoms with Crippen molar-refractivity contribution in [1.29, 1.82) is 0 Å². The summed E-state index contributed by atoms with van der Waals surface area (Å²) in [6, 6.07) is -0.172. The van der Waals surface area contributed by atoms with E-state index in [-0.39, 0.29) is 11.2 Å². The molecule has 1 aliphatic rings. The number of rotatable bonds is 0. The molecule has 1 aliphatic heterocycles. The van der Waals surface area contributed by atoms with E-state index < -0.39 is 0 Å². The van der Waals surface area contributed by atoms with Crippen molar-refractivity contribution >= 4 is 16.9 Å². The maximum Gasteiger partial charge on any atom is 0.205 e. The third-order valence-corrected chi connectivity index (χ3v) is 2.29. The summed E-state index contributed by atoms with van der Waals surface area (Å²) in [5.41, 5.74) is 5.41. The Morgan fingerprint density at radius 1 is 1.75 bits per heavy atom. The van der Waals surface area contributed by atoms with Crippen molar-refractivity contribution in [3.05, 3.63) is 0 Å². The van der Waals surface area contributed by atoms with Crippen molar-refractivity contribution in [2.45, 2.75) is 18.9 Å². The van der Waals surface area contributed by atoms with Gasteiger partial charge in [-0.15, -0.1) is 0 Å². The van der Waals surface area contributed by atoms with Crippen LogP contribution in [0.25, 0.3) is 0 Å². The standard InChI is InChI=1S/C5H9NOS/c6-4-2-1-3-8-5(4)7/h4H,1-3,6H2. The Labute approximate surface area is 52.8 Å². The second-order valence-corrected chi connectivity index (χ2v) is 3.02. The molecular weight excluding hydrogens is 122 g/mol. The lowest BCUT2D eigenvalue weighted by atomic mass is 10.2. The van der Waals surface area contributed by atoms with Crippen LogP contribution in [0.3, 0.4) is 0 Å². The van der Waals surface area contributed by atoms with Crippen molar-refractivity contribution < 1.29 is 4.79 Å². The molecule has 1 fully saturated rings. The van der Waals surface area contributed by atoms with Gasteiger partial charge in [0.05, 0.1) is 6.04 Å². The van der Waals surface area contributed by atoms with Crippen LogP contribution in [0, 0.1) is 0 Å². The fourth-order valence-electron chi connectivity index (χ4n) is 0.701. The highest BCUT2D eigenvalue weighted by atomic mass is 32.2. The molecule has 2 nitrogen and oxygen atoms in total. The van der Waals surface area contributed by atoms with Crippen LogP contribution in [0.15, 0.2) is 0 Å². The molecule has 2 N–H and O–H groups in total. The summed E-state index contributed by atoms with van der Waals surface area (Å²) in [6.07, 6.45) is 1.98. The first-order chi connectivity index (χ1) is 3.80. The van der Waals surface area contributed by atoms with Crippen molar-refractivity contribution in [3.63, 3.8) is 0 Å². The van der Waals surface area contributed by atoms with Gasteiger partial charge in [0.1, 0.15) is 0 Å². The molecular formula is C5H9NOS. The number of nitrogens with two attached hydrogens (primary N) is 1. The number of thioether (sulfide) groups is 1. The predicted molar refractivity (Wildman–Crippen MR) is 34.7 cm³/mol. The molecule has 46 valence electrons. The van der Waals surface area contributed by atoms with E-state index in [1.54, 1.807) is 0 Å². The van der Waals surface area contributed by atoms with Gasteiger partial charge in [-0.3, -0.25) is 4.79 Å². The van der Waals surface area contributed by atoms with Gasteiger partial charge in [-0.25, -0.2) is 0 Å². The van der Waals surface area contributed by atoms with Crippen molar-refractivity contribution in [1.82, 2.24) is 0 Å². The number of carbonyl (C=O) groups excluding carboxylic acids is 1. The summed E-state index contributed by atoms with van der Waals surface area (Å²) in [6.45, 7) is 0. The molecule has 0 radical (unpaired) electrons. The second-order valence-electron chi connectivity index (χ2n) is 1.92. The third kappa shape index (κ3) is 1.23. The SMILES string of the molecule is NC1CCCSC1=O. The molecule has 0 saturated carbocycles. The van der Waals surface area contributed by atoms with E-state index in [4.69, 9.17) is 5.73 Å². The summed E-state index contributed by atoms with van der Waals surface area (Å²) in [5, 5.41) is 0.163. The Kier molecular flexibility index (Phi) is 1.91. The van der Waals surface area contributed by atoms with Crippen LogP contribution in [-0.4, -0.2) is 16.9 Å². The summed E-state index contributed by atoms with van der Waals surface area (Å²) >= 11 is 1.36. The van der Waals surface area contributed by atoms with Crippen LogP contribution in [0.5, 0.6) is 0 Å². The molecule has 1 atom stereocenters. The first kappa shape index (κ1) is 6.11. The Hall–Kier alpha value is -0.0200. The molecule has 1 rings (SSSR count). The van der Waals surface area contributed by atoms with Gasteiger partial charge < -0.3 is 5.73 Å². The van der Waals surface area contributed by atoms with Crippen LogP contribution < -0.4 is 5.73 Å². The zero-order valence-corrected chi connectivity index (χ0v) is 5.41. The molecule has 0 aromatic rings. The third-order valence-electron chi connectivity index (χ3n) is 1.21. The normalized spacial score (nSPS) is 30.6. The molecule has 1 saturated heterocycles. The minimum atomic E-state index is -0.172.